The number of hydrogen-bond acceptors (Lipinski definition) is 3. The van der Waals surface area contributed by atoms with Crippen molar-refractivity contribution in [2.75, 3.05) is 0 Å². The topological polar surface area (TPSA) is 42.0 Å². The molecule has 0 saturated heterocycles. The maximum Gasteiger partial charge on any atom is 0.244 e. The van der Waals surface area contributed by atoms with Gasteiger partial charge in [0.25, 0.3) is 0 Å². The zero-order valence-electron chi connectivity index (χ0n) is 9.28. The number of rotatable bonds is 4. The molecule has 0 aliphatic heterocycles. The van der Waals surface area contributed by atoms with Crippen LogP contribution in [-0.2, 0) is 11.2 Å². The summed E-state index contributed by atoms with van der Waals surface area (Å²) < 4.78 is 0. The molecule has 1 aromatic rings. The van der Waals surface area contributed by atoms with E-state index >= 15 is 0 Å². The molecule has 1 aromatic heterocycles. The second kappa shape index (κ2) is 5.66. The van der Waals surface area contributed by atoms with Gasteiger partial charge in [0.1, 0.15) is 5.01 Å². The van der Waals surface area contributed by atoms with Crippen LogP contribution in [-0.4, -0.2) is 10.9 Å². The zero-order valence-corrected chi connectivity index (χ0v) is 10.1. The number of nitrogens with zero attached hydrogens (tertiary/aromatic N) is 1. The molecule has 3 nitrogen and oxygen atoms in total. The third-order valence-corrected chi connectivity index (χ3v) is 3.29. The highest BCUT2D eigenvalue weighted by Crippen LogP contribution is 2.19. The Labute approximate surface area is 94.2 Å². The fraction of sp³-hybridized carbons (Fsp3) is 0.455. The van der Waals surface area contributed by atoms with E-state index in [1.807, 2.05) is 20.0 Å². The lowest BCUT2D eigenvalue weighted by molar-refractivity contribution is -0.117. The van der Waals surface area contributed by atoms with Crippen LogP contribution in [0.4, 0.5) is 0 Å². The summed E-state index contributed by atoms with van der Waals surface area (Å²) in [7, 11) is 0. The van der Waals surface area contributed by atoms with E-state index in [0.717, 1.165) is 11.4 Å². The number of nitrogens with one attached hydrogen (secondary N) is 1. The van der Waals surface area contributed by atoms with Gasteiger partial charge >= 0.3 is 0 Å². The van der Waals surface area contributed by atoms with Crippen molar-refractivity contribution in [2.45, 2.75) is 33.2 Å². The summed E-state index contributed by atoms with van der Waals surface area (Å²) in [6.45, 7) is 5.86. The van der Waals surface area contributed by atoms with Crippen LogP contribution >= 0.6 is 11.3 Å². The number of aromatic nitrogens is 1. The number of allylic oxidation sites excluding steroid dienone is 1. The van der Waals surface area contributed by atoms with Crippen molar-refractivity contribution < 1.29 is 4.79 Å². The highest BCUT2D eigenvalue weighted by molar-refractivity contribution is 7.11. The minimum Gasteiger partial charge on any atom is -0.344 e. The summed E-state index contributed by atoms with van der Waals surface area (Å²) in [4.78, 5) is 16.8. The molecule has 0 spiro atoms. The molecule has 1 N–H and O–H groups in total. The number of thiazole rings is 1. The number of aryl methyl sites for hydroxylation is 1. The molecule has 0 fully saturated rings. The van der Waals surface area contributed by atoms with Gasteiger partial charge in [-0.1, -0.05) is 13.0 Å². The minimum absolute atomic E-state index is 0.0148. The van der Waals surface area contributed by atoms with Crippen molar-refractivity contribution in [1.29, 1.82) is 0 Å². The maximum absolute atomic E-state index is 11.3. The van der Waals surface area contributed by atoms with Gasteiger partial charge in [-0.2, -0.15) is 0 Å². The fourth-order valence-electron chi connectivity index (χ4n) is 1.16. The first-order valence-corrected chi connectivity index (χ1v) is 5.86. The Bertz CT molecular complexity index is 357. The molecular weight excluding hydrogens is 208 g/mol. The second-order valence-corrected chi connectivity index (χ2v) is 4.40. The van der Waals surface area contributed by atoms with Gasteiger partial charge in [0, 0.05) is 11.1 Å². The van der Waals surface area contributed by atoms with Crippen LogP contribution in [0.15, 0.2) is 18.3 Å². The Kier molecular flexibility index (Phi) is 4.49. The van der Waals surface area contributed by atoms with Gasteiger partial charge < -0.3 is 5.32 Å². The SMILES string of the molecule is C/C=C/C(=O)NC(C)c1ncc(CC)s1. The number of carbonyl (C=O) groups is 1. The first-order chi connectivity index (χ1) is 7.17. The summed E-state index contributed by atoms with van der Waals surface area (Å²) in [6, 6.07) is -0.0148. The van der Waals surface area contributed by atoms with Crippen molar-refractivity contribution in [3.8, 4) is 0 Å². The van der Waals surface area contributed by atoms with E-state index in [1.165, 1.54) is 11.0 Å². The smallest absolute Gasteiger partial charge is 0.244 e. The quantitative estimate of drug-likeness (QED) is 0.798. The lowest BCUT2D eigenvalue weighted by Gasteiger charge is -2.08. The average molecular weight is 224 g/mol. The predicted octanol–water partition coefficient (Wildman–Crippen LogP) is 2.46. The first kappa shape index (κ1) is 11.9. The van der Waals surface area contributed by atoms with Crippen molar-refractivity contribution in [1.82, 2.24) is 10.3 Å². The van der Waals surface area contributed by atoms with Crippen LogP contribution in [0.2, 0.25) is 0 Å². The predicted molar refractivity (Wildman–Crippen MR) is 62.9 cm³/mol. The molecule has 1 unspecified atom stereocenters. The molecule has 1 heterocycles. The van der Waals surface area contributed by atoms with E-state index in [9.17, 15) is 4.79 Å². The fourth-order valence-corrected chi connectivity index (χ4v) is 2.02. The molecular formula is C11H16N2OS. The van der Waals surface area contributed by atoms with Crippen molar-refractivity contribution in [3.63, 3.8) is 0 Å². The summed E-state index contributed by atoms with van der Waals surface area (Å²) >= 11 is 1.65. The van der Waals surface area contributed by atoms with Crippen LogP contribution in [0.3, 0.4) is 0 Å². The molecule has 0 bridgehead atoms. The van der Waals surface area contributed by atoms with Crippen LogP contribution in [0, 0.1) is 0 Å². The normalized spacial score (nSPS) is 13.0. The molecule has 1 amide bonds. The molecule has 1 rings (SSSR count). The summed E-state index contributed by atoms with van der Waals surface area (Å²) in [5.41, 5.74) is 0. The monoisotopic (exact) mass is 224 g/mol. The Balaban J connectivity index is 2.60. The maximum atomic E-state index is 11.3. The molecule has 0 aliphatic rings. The van der Waals surface area contributed by atoms with Gasteiger partial charge in [0.15, 0.2) is 0 Å². The Morgan fingerprint density at radius 2 is 2.47 bits per heavy atom. The van der Waals surface area contributed by atoms with E-state index in [-0.39, 0.29) is 11.9 Å². The standard InChI is InChI=1S/C11H16N2OS/c1-4-6-10(14)13-8(3)11-12-7-9(5-2)15-11/h4,6-8H,5H2,1-3H3,(H,13,14)/b6-4+. The molecule has 0 radical (unpaired) electrons. The molecule has 0 saturated carbocycles. The Morgan fingerprint density at radius 3 is 3.00 bits per heavy atom. The number of amides is 1. The summed E-state index contributed by atoms with van der Waals surface area (Å²) in [5, 5.41) is 3.82. The molecule has 15 heavy (non-hydrogen) atoms. The highest BCUT2D eigenvalue weighted by atomic mass is 32.1. The molecule has 1 atom stereocenters. The number of carbonyl (C=O) groups excluding carboxylic acids is 1. The Morgan fingerprint density at radius 1 is 1.73 bits per heavy atom. The third kappa shape index (κ3) is 3.47. The van der Waals surface area contributed by atoms with E-state index < -0.39 is 0 Å². The van der Waals surface area contributed by atoms with Gasteiger partial charge in [0.05, 0.1) is 6.04 Å². The van der Waals surface area contributed by atoms with Crippen LogP contribution in [0.5, 0.6) is 0 Å². The van der Waals surface area contributed by atoms with E-state index in [2.05, 4.69) is 17.2 Å². The van der Waals surface area contributed by atoms with Crippen molar-refractivity contribution in [3.05, 3.63) is 28.2 Å². The largest absolute Gasteiger partial charge is 0.344 e. The summed E-state index contributed by atoms with van der Waals surface area (Å²) in [5.74, 6) is -0.0711. The zero-order chi connectivity index (χ0) is 11.3. The van der Waals surface area contributed by atoms with Gasteiger partial charge in [-0.05, 0) is 26.3 Å². The molecule has 0 aromatic carbocycles. The third-order valence-electron chi connectivity index (χ3n) is 1.97. The van der Waals surface area contributed by atoms with Gasteiger partial charge in [-0.15, -0.1) is 11.3 Å². The van der Waals surface area contributed by atoms with Crippen LogP contribution in [0.25, 0.3) is 0 Å². The summed E-state index contributed by atoms with van der Waals surface area (Å²) in [6.07, 6.45) is 6.11. The molecule has 82 valence electrons. The molecule has 0 aliphatic carbocycles. The lowest BCUT2D eigenvalue weighted by Crippen LogP contribution is -2.24. The lowest BCUT2D eigenvalue weighted by atomic mass is 10.3. The highest BCUT2D eigenvalue weighted by Gasteiger charge is 2.11. The average Bonchev–Trinajstić information content (AvgIpc) is 2.66. The van der Waals surface area contributed by atoms with E-state index in [1.54, 1.807) is 17.4 Å². The van der Waals surface area contributed by atoms with Crippen molar-refractivity contribution >= 4 is 17.2 Å². The van der Waals surface area contributed by atoms with Crippen LogP contribution in [0.1, 0.15) is 36.7 Å². The first-order valence-electron chi connectivity index (χ1n) is 5.05. The van der Waals surface area contributed by atoms with E-state index in [0.29, 0.717) is 0 Å². The van der Waals surface area contributed by atoms with Gasteiger partial charge in [-0.25, -0.2) is 4.98 Å². The van der Waals surface area contributed by atoms with Crippen LogP contribution < -0.4 is 5.32 Å². The van der Waals surface area contributed by atoms with Gasteiger partial charge in [0.2, 0.25) is 5.91 Å². The Hall–Kier alpha value is -1.16. The van der Waals surface area contributed by atoms with E-state index in [4.69, 9.17) is 0 Å². The minimum atomic E-state index is -0.0711. The second-order valence-electron chi connectivity index (χ2n) is 3.25. The van der Waals surface area contributed by atoms with Crippen molar-refractivity contribution in [2.24, 2.45) is 0 Å². The van der Waals surface area contributed by atoms with Gasteiger partial charge in [-0.3, -0.25) is 4.79 Å². The molecule has 4 heteroatoms. The number of hydrogen-bond donors (Lipinski definition) is 1.